The van der Waals surface area contributed by atoms with E-state index in [0.29, 0.717) is 5.52 Å². The van der Waals surface area contributed by atoms with E-state index < -0.39 is 11.9 Å². The first-order valence-corrected chi connectivity index (χ1v) is 10.7. The number of halogens is 3. The Morgan fingerprint density at radius 1 is 1.41 bits per heavy atom. The van der Waals surface area contributed by atoms with Crippen LogP contribution in [0.4, 0.5) is 15.9 Å². The highest BCUT2D eigenvalue weighted by atomic mass is 79.9. The number of nitrogens with one attached hydrogen (secondary N) is 2. The van der Waals surface area contributed by atoms with Crippen molar-refractivity contribution in [3.63, 3.8) is 0 Å². The van der Waals surface area contributed by atoms with Gasteiger partial charge in [0.2, 0.25) is 4.20 Å². The molecule has 0 fully saturated rings. The number of aromatic nitrogens is 4. The molecule has 154 valence electrons. The number of aryl methyl sites for hydroxylation is 2. The summed E-state index contributed by atoms with van der Waals surface area (Å²) in [7, 11) is 0. The van der Waals surface area contributed by atoms with Crippen LogP contribution in [0.3, 0.4) is 0 Å². The van der Waals surface area contributed by atoms with Crippen LogP contribution in [0, 0.1) is 24.0 Å². The van der Waals surface area contributed by atoms with Gasteiger partial charge in [0, 0.05) is 5.69 Å². The van der Waals surface area contributed by atoms with Crippen molar-refractivity contribution in [2.75, 3.05) is 5.32 Å². The molecular formula is C15H14BrClFN7O2S2. The number of nitro groups is 1. The summed E-state index contributed by atoms with van der Waals surface area (Å²) in [5.41, 5.74) is 9.58. The van der Waals surface area contributed by atoms with Crippen molar-refractivity contribution in [2.24, 2.45) is 5.73 Å². The number of hydrogen-bond acceptors (Lipinski definition) is 9. The minimum absolute atomic E-state index is 0.0309. The zero-order chi connectivity index (χ0) is 21.4. The van der Waals surface area contributed by atoms with Crippen molar-refractivity contribution in [3.8, 4) is 0 Å². The van der Waals surface area contributed by atoms with Crippen molar-refractivity contribution in [1.82, 2.24) is 19.9 Å². The molecule has 2 unspecified atom stereocenters. The molecule has 29 heavy (non-hydrogen) atoms. The molecule has 0 aliphatic carbocycles. The number of anilines is 2. The van der Waals surface area contributed by atoms with Gasteiger partial charge in [-0.3, -0.25) is 15.8 Å². The average Bonchev–Trinajstić information content (AvgIpc) is 3.03. The summed E-state index contributed by atoms with van der Waals surface area (Å²) < 4.78 is 8.66. The summed E-state index contributed by atoms with van der Waals surface area (Å²) in [6, 6.07) is 5.77. The number of hydrogen-bond donors (Lipinski definition) is 3. The standard InChI is InChI=1S/C15H14BrClFN7O2S2/c1-7-3-4-9(8(2)5-7)22-12-10-11(21-6-20-10)23-13(24-12)14(19,29-25(26)27)28-15(16,17)18/h3-6H,19H2,1-2H3,(H2,20,21,22,23,24). The van der Waals surface area contributed by atoms with E-state index in [4.69, 9.17) is 17.3 Å². The number of alkyl halides is 3. The Bertz CT molecular complexity index is 1080. The lowest BCUT2D eigenvalue weighted by molar-refractivity contribution is -0.285. The number of nitrogens with two attached hydrogens (primary N) is 1. The van der Waals surface area contributed by atoms with E-state index in [1.807, 2.05) is 32.0 Å². The maximum absolute atomic E-state index is 14.0. The molecule has 14 heteroatoms. The van der Waals surface area contributed by atoms with Crippen molar-refractivity contribution in [2.45, 2.75) is 21.4 Å². The molecule has 3 rings (SSSR count). The highest BCUT2D eigenvalue weighted by molar-refractivity contribution is 9.12. The number of rotatable bonds is 7. The molecule has 0 radical (unpaired) electrons. The van der Waals surface area contributed by atoms with E-state index >= 15 is 0 Å². The summed E-state index contributed by atoms with van der Waals surface area (Å²) in [6.07, 6.45) is 1.40. The minimum Gasteiger partial charge on any atom is -0.340 e. The SMILES string of the molecule is Cc1ccc(Nc2nc(C(N)(S[N+](=O)[O-])SC(F)(Cl)Br)nc3nc[nH]c23)c(C)c1. The molecule has 4 N–H and O–H groups in total. The van der Waals surface area contributed by atoms with Crippen LogP contribution in [0.5, 0.6) is 0 Å². The fourth-order valence-electron chi connectivity index (χ4n) is 2.55. The summed E-state index contributed by atoms with van der Waals surface area (Å²) in [4.78, 5) is 26.6. The lowest BCUT2D eigenvalue weighted by Crippen LogP contribution is -2.35. The first kappa shape index (κ1) is 22.0. The van der Waals surface area contributed by atoms with Crippen LogP contribution in [0.15, 0.2) is 24.5 Å². The second-order valence-corrected chi connectivity index (χ2v) is 11.6. The first-order valence-electron chi connectivity index (χ1n) is 7.92. The van der Waals surface area contributed by atoms with Gasteiger partial charge in [-0.1, -0.05) is 29.3 Å². The van der Waals surface area contributed by atoms with E-state index in [-0.39, 0.29) is 41.0 Å². The minimum atomic E-state index is -2.57. The molecule has 0 saturated carbocycles. The van der Waals surface area contributed by atoms with Gasteiger partial charge in [-0.05, 0) is 53.2 Å². The molecule has 0 amide bonds. The zero-order valence-corrected chi connectivity index (χ0v) is 18.9. The van der Waals surface area contributed by atoms with Crippen LogP contribution in [0.25, 0.3) is 11.2 Å². The van der Waals surface area contributed by atoms with E-state index in [9.17, 15) is 14.5 Å². The third-order valence-corrected chi connectivity index (χ3v) is 6.22. The highest BCUT2D eigenvalue weighted by Gasteiger charge is 2.48. The second-order valence-electron chi connectivity index (χ2n) is 5.97. The Hall–Kier alpha value is -1.67. The van der Waals surface area contributed by atoms with Crippen LogP contribution in [-0.2, 0) is 4.20 Å². The topological polar surface area (TPSA) is 136 Å². The van der Waals surface area contributed by atoms with Crippen LogP contribution >= 0.6 is 51.2 Å². The molecular weight excluding hydrogens is 509 g/mol. The van der Waals surface area contributed by atoms with Crippen LogP contribution in [0.2, 0.25) is 0 Å². The van der Waals surface area contributed by atoms with E-state index in [1.165, 1.54) is 6.33 Å². The van der Waals surface area contributed by atoms with Crippen LogP contribution in [0.1, 0.15) is 17.0 Å². The van der Waals surface area contributed by atoms with Gasteiger partial charge in [0.05, 0.1) is 6.33 Å². The third kappa shape index (κ3) is 5.28. The Labute approximate surface area is 186 Å². The molecule has 0 aliphatic heterocycles. The smallest absolute Gasteiger partial charge is 0.287 e. The van der Waals surface area contributed by atoms with Gasteiger partial charge in [0.15, 0.2) is 17.3 Å². The van der Waals surface area contributed by atoms with Crippen molar-refractivity contribution in [3.05, 3.63) is 51.6 Å². The molecule has 1 aromatic carbocycles. The quantitative estimate of drug-likeness (QED) is 0.133. The van der Waals surface area contributed by atoms with E-state index in [2.05, 4.69) is 41.2 Å². The Morgan fingerprint density at radius 2 is 2.14 bits per heavy atom. The van der Waals surface area contributed by atoms with Gasteiger partial charge in [-0.15, -0.1) is 0 Å². The van der Waals surface area contributed by atoms with Gasteiger partial charge in [0.25, 0.3) is 15.3 Å². The predicted octanol–water partition coefficient (Wildman–Crippen LogP) is 4.65. The number of fused-ring (bicyclic) bond motifs is 1. The van der Waals surface area contributed by atoms with Gasteiger partial charge in [-0.25, -0.2) is 19.3 Å². The lowest BCUT2D eigenvalue weighted by atomic mass is 10.1. The second kappa shape index (κ2) is 8.22. The number of thioether (sulfide) groups is 1. The van der Waals surface area contributed by atoms with Gasteiger partial charge >= 0.3 is 0 Å². The van der Waals surface area contributed by atoms with Gasteiger partial charge < -0.3 is 10.3 Å². The molecule has 3 aromatic rings. The molecule has 0 aliphatic rings. The fourth-order valence-corrected chi connectivity index (χ4v) is 5.74. The molecule has 9 nitrogen and oxygen atoms in total. The van der Waals surface area contributed by atoms with Crippen LogP contribution < -0.4 is 11.1 Å². The summed E-state index contributed by atoms with van der Waals surface area (Å²) in [5.74, 6) is 0.0561. The van der Waals surface area contributed by atoms with Crippen molar-refractivity contribution in [1.29, 1.82) is 0 Å². The monoisotopic (exact) mass is 521 g/mol. The molecule has 2 atom stereocenters. The maximum atomic E-state index is 14.0. The molecule has 0 spiro atoms. The Balaban J connectivity index is 2.12. The number of aromatic amines is 1. The van der Waals surface area contributed by atoms with E-state index in [0.717, 1.165) is 16.8 Å². The first-order chi connectivity index (χ1) is 13.5. The molecule has 0 saturated heterocycles. The Morgan fingerprint density at radius 3 is 2.76 bits per heavy atom. The van der Waals surface area contributed by atoms with Crippen molar-refractivity contribution < 1.29 is 8.72 Å². The normalized spacial score (nSPS) is 15.7. The summed E-state index contributed by atoms with van der Waals surface area (Å²) >= 11 is 8.41. The number of nitrogens with zero attached hydrogens (tertiary/aromatic N) is 4. The third-order valence-electron chi connectivity index (χ3n) is 3.71. The molecule has 2 heterocycles. The van der Waals surface area contributed by atoms with Gasteiger partial charge in [-0.2, -0.15) is 0 Å². The average molecular weight is 523 g/mol. The zero-order valence-electron chi connectivity index (χ0n) is 14.9. The van der Waals surface area contributed by atoms with Crippen molar-refractivity contribution >= 4 is 73.9 Å². The predicted molar refractivity (Wildman–Crippen MR) is 118 cm³/mol. The number of imidazole rings is 1. The maximum Gasteiger partial charge on any atom is 0.287 e. The molecule has 0 bridgehead atoms. The number of benzene rings is 1. The van der Waals surface area contributed by atoms with Gasteiger partial charge in [0.1, 0.15) is 9.85 Å². The largest absolute Gasteiger partial charge is 0.340 e. The Kier molecular flexibility index (Phi) is 6.24. The fraction of sp³-hybridized carbons (Fsp3) is 0.267. The number of H-pyrrole nitrogens is 1. The summed E-state index contributed by atoms with van der Waals surface area (Å²) in [6.45, 7) is 3.89. The highest BCUT2D eigenvalue weighted by Crippen LogP contribution is 2.52. The van der Waals surface area contributed by atoms with E-state index in [1.54, 1.807) is 0 Å². The summed E-state index contributed by atoms with van der Waals surface area (Å²) in [5, 5.41) is 14.3. The molecule has 2 aromatic heterocycles. The lowest BCUT2D eigenvalue weighted by Gasteiger charge is -2.24. The van der Waals surface area contributed by atoms with Crippen LogP contribution in [-0.4, -0.2) is 27.6 Å².